The highest BCUT2D eigenvalue weighted by molar-refractivity contribution is 6.62. The minimum absolute atomic E-state index is 0.0800. The number of Topliss-reactive ketones (excluding diaryl/α,β-unsaturated/α-hetero) is 1. The second-order valence-electron chi connectivity index (χ2n) is 10.0. The van der Waals surface area contributed by atoms with Crippen LogP contribution in [0, 0.1) is 0 Å². The third-order valence-corrected chi connectivity index (χ3v) is 7.28. The third kappa shape index (κ3) is 3.98. The van der Waals surface area contributed by atoms with E-state index >= 15 is 0 Å². The van der Waals surface area contributed by atoms with Crippen molar-refractivity contribution in [1.29, 1.82) is 0 Å². The molecule has 32 heavy (non-hydrogen) atoms. The molecule has 4 rings (SSSR count). The summed E-state index contributed by atoms with van der Waals surface area (Å²) in [6.07, 6.45) is -2.41. The summed E-state index contributed by atoms with van der Waals surface area (Å²) in [4.78, 5) is 26.7. The molecule has 1 aromatic rings. The lowest BCUT2D eigenvalue weighted by molar-refractivity contribution is -0.138. The largest absolute Gasteiger partial charge is 0.494 e. The molecule has 3 aliphatic rings. The van der Waals surface area contributed by atoms with E-state index in [1.54, 1.807) is 24.3 Å². The van der Waals surface area contributed by atoms with Crippen molar-refractivity contribution in [2.24, 2.45) is 0 Å². The van der Waals surface area contributed by atoms with Gasteiger partial charge in [0.25, 0.3) is 0 Å². The van der Waals surface area contributed by atoms with Crippen molar-refractivity contribution < 1.29 is 32.8 Å². The van der Waals surface area contributed by atoms with E-state index in [0.717, 1.165) is 10.4 Å². The molecule has 1 unspecified atom stereocenters. The van der Waals surface area contributed by atoms with Gasteiger partial charge in [-0.3, -0.25) is 19.8 Å². The molecule has 2 aliphatic heterocycles. The number of hydrogen-bond donors (Lipinski definition) is 2. The number of nitrogens with zero attached hydrogens (tertiary/aromatic N) is 1. The predicted octanol–water partition coefficient (Wildman–Crippen LogP) is 1.82. The van der Waals surface area contributed by atoms with Crippen molar-refractivity contribution in [2.75, 3.05) is 6.54 Å². The molecule has 7 nitrogen and oxygen atoms in total. The zero-order valence-electron chi connectivity index (χ0n) is 18.8. The fourth-order valence-corrected chi connectivity index (χ4v) is 4.38. The number of nitrogens with one attached hydrogen (secondary N) is 1. The van der Waals surface area contributed by atoms with Crippen molar-refractivity contribution >= 4 is 24.3 Å². The molecule has 10 heteroatoms. The highest BCUT2D eigenvalue weighted by Gasteiger charge is 2.55. The Hall–Kier alpha value is -1.88. The number of halogens is 2. The van der Waals surface area contributed by atoms with Gasteiger partial charge in [-0.25, -0.2) is 8.78 Å². The minimum Gasteiger partial charge on any atom is -0.399 e. The lowest BCUT2D eigenvalue weighted by Crippen LogP contribution is -2.52. The van der Waals surface area contributed by atoms with E-state index in [0.29, 0.717) is 5.56 Å². The number of rotatable bonds is 4. The molecule has 1 amide bonds. The smallest absolute Gasteiger partial charge is 0.399 e. The topological polar surface area (TPSA) is 88.1 Å². The van der Waals surface area contributed by atoms with Crippen LogP contribution in [-0.2, 0) is 14.1 Å². The summed E-state index contributed by atoms with van der Waals surface area (Å²) in [6.45, 7) is 7.48. The first-order chi connectivity index (χ1) is 14.8. The Morgan fingerprint density at radius 2 is 1.62 bits per heavy atom. The maximum absolute atomic E-state index is 13.5. The van der Waals surface area contributed by atoms with Gasteiger partial charge in [0.2, 0.25) is 11.8 Å². The highest BCUT2D eigenvalue weighted by atomic mass is 19.3. The van der Waals surface area contributed by atoms with E-state index in [1.807, 2.05) is 27.7 Å². The number of alkyl halides is 2. The molecule has 0 radical (unpaired) electrons. The molecule has 174 valence electrons. The summed E-state index contributed by atoms with van der Waals surface area (Å²) < 4.78 is 39.1. The van der Waals surface area contributed by atoms with Crippen LogP contribution in [0.4, 0.5) is 8.78 Å². The van der Waals surface area contributed by atoms with E-state index in [-0.39, 0.29) is 25.2 Å². The number of carbonyl (C=O) groups excluding carboxylic acids is 2. The Morgan fingerprint density at radius 1 is 1.09 bits per heavy atom. The van der Waals surface area contributed by atoms with Crippen LogP contribution in [0.25, 0.3) is 0 Å². The first kappa shape index (κ1) is 23.3. The van der Waals surface area contributed by atoms with Gasteiger partial charge in [-0.15, -0.1) is 0 Å². The monoisotopic (exact) mass is 450 g/mol. The van der Waals surface area contributed by atoms with E-state index in [1.165, 1.54) is 0 Å². The first-order valence-corrected chi connectivity index (χ1v) is 10.9. The van der Waals surface area contributed by atoms with Crippen LogP contribution in [0.2, 0.25) is 0 Å². The summed E-state index contributed by atoms with van der Waals surface area (Å²) >= 11 is 0. The summed E-state index contributed by atoms with van der Waals surface area (Å²) in [7, 11) is -0.556. The summed E-state index contributed by atoms with van der Waals surface area (Å²) in [5, 5.41) is 13.0. The fourth-order valence-electron chi connectivity index (χ4n) is 4.38. The van der Waals surface area contributed by atoms with Crippen LogP contribution in [0.5, 0.6) is 0 Å². The molecule has 3 fully saturated rings. The van der Waals surface area contributed by atoms with E-state index in [2.05, 4.69) is 5.32 Å². The number of aliphatic hydroxyl groups is 1. The second-order valence-corrected chi connectivity index (χ2v) is 10.0. The number of hydrogen-bond acceptors (Lipinski definition) is 6. The lowest BCUT2D eigenvalue weighted by atomic mass is 9.78. The van der Waals surface area contributed by atoms with Gasteiger partial charge in [0, 0.05) is 18.4 Å². The molecule has 0 bridgehead atoms. The summed E-state index contributed by atoms with van der Waals surface area (Å²) in [5.41, 5.74) is -1.07. The number of ketones is 1. The van der Waals surface area contributed by atoms with Crippen LogP contribution in [0.1, 0.15) is 63.7 Å². The third-order valence-electron chi connectivity index (χ3n) is 7.28. The molecule has 2 heterocycles. The Bertz CT molecular complexity index is 895. The quantitative estimate of drug-likeness (QED) is 0.538. The standard InChI is InChI=1S/C22H29BF2N2O5/c1-19(2)20(3,4)32-23(31-19)15-7-5-14(6-8-15)16(28)13-27-17(29)21(26-18(27)30)9-11-22(24,25)12-10-21/h5-8,18,26,30H,9-13H2,1-4H3. The Morgan fingerprint density at radius 3 is 2.16 bits per heavy atom. The zero-order valence-corrected chi connectivity index (χ0v) is 18.8. The van der Waals surface area contributed by atoms with E-state index in [4.69, 9.17) is 9.31 Å². The second kappa shape index (κ2) is 7.58. The molecular weight excluding hydrogens is 421 g/mol. The Labute approximate surface area is 186 Å². The van der Waals surface area contributed by atoms with Crippen LogP contribution in [0.3, 0.4) is 0 Å². The number of aliphatic hydroxyl groups excluding tert-OH is 1. The summed E-state index contributed by atoms with van der Waals surface area (Å²) in [5.74, 6) is -3.68. The van der Waals surface area contributed by atoms with Gasteiger partial charge in [-0.1, -0.05) is 24.3 Å². The van der Waals surface area contributed by atoms with Gasteiger partial charge in [0.05, 0.1) is 17.7 Å². The number of amides is 1. The Balaban J connectivity index is 1.42. The molecule has 1 spiro atoms. The Kier molecular flexibility index (Phi) is 5.52. The van der Waals surface area contributed by atoms with Crippen molar-refractivity contribution in [3.63, 3.8) is 0 Å². The minimum atomic E-state index is -2.81. The maximum atomic E-state index is 13.5. The van der Waals surface area contributed by atoms with Gasteiger partial charge in [-0.05, 0) is 46.0 Å². The predicted molar refractivity (Wildman–Crippen MR) is 113 cm³/mol. The van der Waals surface area contributed by atoms with Crippen molar-refractivity contribution in [3.8, 4) is 0 Å². The molecule has 2 N–H and O–H groups in total. The van der Waals surface area contributed by atoms with E-state index < -0.39 is 54.9 Å². The van der Waals surface area contributed by atoms with E-state index in [9.17, 15) is 23.5 Å². The van der Waals surface area contributed by atoms with Gasteiger partial charge in [0.15, 0.2) is 12.1 Å². The highest BCUT2D eigenvalue weighted by Crippen LogP contribution is 2.41. The zero-order chi connectivity index (χ0) is 23.5. The van der Waals surface area contributed by atoms with Crippen molar-refractivity contribution in [3.05, 3.63) is 29.8 Å². The van der Waals surface area contributed by atoms with Gasteiger partial charge < -0.3 is 14.4 Å². The summed E-state index contributed by atoms with van der Waals surface area (Å²) in [6, 6.07) is 6.72. The van der Waals surface area contributed by atoms with Crippen molar-refractivity contribution in [1.82, 2.24) is 10.2 Å². The van der Waals surface area contributed by atoms with Crippen LogP contribution < -0.4 is 10.8 Å². The van der Waals surface area contributed by atoms with Crippen LogP contribution in [-0.4, -0.2) is 64.4 Å². The van der Waals surface area contributed by atoms with Crippen molar-refractivity contribution in [2.45, 2.75) is 82.4 Å². The molecule has 0 aromatic heterocycles. The number of carbonyl (C=O) groups is 2. The molecule has 2 saturated heterocycles. The molecule has 1 saturated carbocycles. The lowest BCUT2D eigenvalue weighted by Gasteiger charge is -2.35. The maximum Gasteiger partial charge on any atom is 0.494 e. The average molecular weight is 450 g/mol. The molecule has 1 atom stereocenters. The molecular formula is C22H29BF2N2O5. The van der Waals surface area contributed by atoms with Gasteiger partial charge >= 0.3 is 7.12 Å². The van der Waals surface area contributed by atoms with Gasteiger partial charge in [0.1, 0.15) is 5.54 Å². The normalized spacial score (nSPS) is 27.8. The SMILES string of the molecule is CC1(C)OB(c2ccc(C(=O)CN3C(=O)C4(CCC(F)(F)CC4)NC3O)cc2)OC1(C)C. The fraction of sp³-hybridized carbons (Fsp3) is 0.636. The first-order valence-electron chi connectivity index (χ1n) is 10.9. The van der Waals surface area contributed by atoms with Gasteiger partial charge in [-0.2, -0.15) is 0 Å². The van der Waals surface area contributed by atoms with Crippen LogP contribution >= 0.6 is 0 Å². The number of benzene rings is 1. The molecule has 1 aliphatic carbocycles. The molecule has 1 aromatic carbocycles. The average Bonchev–Trinajstić information content (AvgIpc) is 3.07. The van der Waals surface area contributed by atoms with Crippen LogP contribution in [0.15, 0.2) is 24.3 Å².